The van der Waals surface area contributed by atoms with E-state index in [1.54, 1.807) is 0 Å². The summed E-state index contributed by atoms with van der Waals surface area (Å²) < 4.78 is 77.4. The Balaban J connectivity index is 0.000000360. The van der Waals surface area contributed by atoms with E-state index in [9.17, 15) is 26.3 Å². The molecule has 0 atom stereocenters. The molecular weight excluding hydrogens is 442 g/mol. The number of alkyl halides is 6. The predicted molar refractivity (Wildman–Crippen MR) is 104 cm³/mol. The molecule has 4 rings (SSSR count). The highest BCUT2D eigenvalue weighted by Gasteiger charge is 2.38. The van der Waals surface area contributed by atoms with Gasteiger partial charge in [-0.2, -0.15) is 26.3 Å². The number of rotatable bonds is 3. The van der Waals surface area contributed by atoms with E-state index >= 15 is 0 Å². The van der Waals surface area contributed by atoms with Gasteiger partial charge in [-0.3, -0.25) is 0 Å². The number of hydrogen-bond acceptors (Lipinski definition) is 3. The number of fused-ring (bicyclic) bond motifs is 1. The van der Waals surface area contributed by atoms with Gasteiger partial charge in [-0.1, -0.05) is 18.2 Å². The summed E-state index contributed by atoms with van der Waals surface area (Å²) in [5.74, 6) is -2.29. The fourth-order valence-corrected chi connectivity index (χ4v) is 3.31. The maximum Gasteiger partial charge on any atom is 0.490 e. The van der Waals surface area contributed by atoms with Gasteiger partial charge >= 0.3 is 18.3 Å². The van der Waals surface area contributed by atoms with Crippen LogP contribution in [0.2, 0.25) is 0 Å². The smallest absolute Gasteiger partial charge is 0.490 e. The number of para-hydroxylation sites is 1. The van der Waals surface area contributed by atoms with Crippen molar-refractivity contribution in [2.24, 2.45) is 0 Å². The monoisotopic (exact) mass is 460 g/mol. The summed E-state index contributed by atoms with van der Waals surface area (Å²) in [5.41, 5.74) is 7.24. The van der Waals surface area contributed by atoms with Crippen LogP contribution in [0.3, 0.4) is 0 Å². The fourth-order valence-electron chi connectivity index (χ4n) is 3.31. The Morgan fingerprint density at radius 3 is 2.09 bits per heavy atom. The van der Waals surface area contributed by atoms with Crippen molar-refractivity contribution in [2.75, 3.05) is 5.73 Å². The lowest BCUT2D eigenvalue weighted by molar-refractivity contribution is -0.192. The van der Waals surface area contributed by atoms with Gasteiger partial charge in [0.25, 0.3) is 0 Å². The molecule has 1 fully saturated rings. The highest BCUT2D eigenvalue weighted by molar-refractivity contribution is 5.91. The Kier molecular flexibility index (Phi) is 6.29. The van der Waals surface area contributed by atoms with Crippen molar-refractivity contribution in [3.63, 3.8) is 0 Å². The molecule has 0 aliphatic heterocycles. The molecule has 0 amide bonds. The lowest BCUT2D eigenvalue weighted by Crippen LogP contribution is -2.35. The molecule has 1 heterocycles. The minimum absolute atomic E-state index is 0.00382. The largest absolute Gasteiger partial charge is 0.490 e. The maximum absolute atomic E-state index is 12.6. The van der Waals surface area contributed by atoms with Crippen LogP contribution in [-0.4, -0.2) is 27.9 Å². The second kappa shape index (κ2) is 8.64. The quantitative estimate of drug-likeness (QED) is 0.495. The molecule has 11 heteroatoms. The minimum atomic E-state index is -5.08. The Morgan fingerprint density at radius 2 is 1.56 bits per heavy atom. The van der Waals surface area contributed by atoms with Crippen molar-refractivity contribution in [3.05, 3.63) is 60.3 Å². The molecule has 3 N–H and O–H groups in total. The lowest BCUT2D eigenvalue weighted by Gasteiger charge is -2.36. The number of aliphatic carboxylic acids is 1. The zero-order valence-electron chi connectivity index (χ0n) is 16.3. The third kappa shape index (κ3) is 5.27. The number of nitrogens with two attached hydrogens (primary N) is 1. The van der Waals surface area contributed by atoms with Gasteiger partial charge < -0.3 is 20.1 Å². The van der Waals surface area contributed by atoms with Crippen LogP contribution < -0.4 is 10.5 Å². The molecule has 2 aromatic carbocycles. The van der Waals surface area contributed by atoms with E-state index in [1.807, 2.05) is 30.5 Å². The van der Waals surface area contributed by atoms with E-state index < -0.39 is 23.9 Å². The topological polar surface area (TPSA) is 77.5 Å². The van der Waals surface area contributed by atoms with Crippen LogP contribution in [0.25, 0.3) is 10.9 Å². The molecule has 0 radical (unpaired) electrons. The van der Waals surface area contributed by atoms with E-state index in [1.165, 1.54) is 12.1 Å². The maximum atomic E-state index is 12.6. The summed E-state index contributed by atoms with van der Waals surface area (Å²) >= 11 is 0. The zero-order valence-corrected chi connectivity index (χ0v) is 16.3. The number of nitrogen functional groups attached to an aromatic ring is 1. The number of hydrogen-bond donors (Lipinski definition) is 2. The highest BCUT2D eigenvalue weighted by Crippen LogP contribution is 2.39. The van der Waals surface area contributed by atoms with Crippen LogP contribution >= 0.6 is 0 Å². The van der Waals surface area contributed by atoms with E-state index in [-0.39, 0.29) is 6.10 Å². The molecule has 0 unspecified atom stereocenters. The lowest BCUT2D eigenvalue weighted by atomic mass is 9.89. The molecule has 172 valence electrons. The normalized spacial score (nSPS) is 18.4. The van der Waals surface area contributed by atoms with Crippen LogP contribution in [0.4, 0.5) is 32.0 Å². The van der Waals surface area contributed by atoms with Crippen molar-refractivity contribution in [2.45, 2.75) is 37.3 Å². The molecule has 0 spiro atoms. The highest BCUT2D eigenvalue weighted by atomic mass is 19.4. The van der Waals surface area contributed by atoms with E-state index in [0.29, 0.717) is 11.8 Å². The first kappa shape index (κ1) is 23.3. The number of carboxylic acids is 1. The van der Waals surface area contributed by atoms with Crippen LogP contribution in [0.1, 0.15) is 24.4 Å². The Hall–Kier alpha value is -3.37. The third-order valence-corrected chi connectivity index (χ3v) is 4.96. The molecule has 32 heavy (non-hydrogen) atoms. The van der Waals surface area contributed by atoms with Crippen molar-refractivity contribution >= 4 is 22.6 Å². The average Bonchev–Trinajstić information content (AvgIpc) is 3.00. The number of nitrogens with zero attached hydrogens (tertiary/aromatic N) is 1. The number of halogens is 6. The van der Waals surface area contributed by atoms with Gasteiger partial charge in [-0.25, -0.2) is 4.79 Å². The third-order valence-electron chi connectivity index (χ3n) is 4.96. The zero-order chi connectivity index (χ0) is 23.7. The van der Waals surface area contributed by atoms with Crippen LogP contribution in [0.15, 0.2) is 54.7 Å². The predicted octanol–water partition coefficient (Wildman–Crippen LogP) is 5.66. The fraction of sp³-hybridized carbons (Fsp3) is 0.286. The van der Waals surface area contributed by atoms with Gasteiger partial charge in [0.2, 0.25) is 0 Å². The number of aromatic nitrogens is 1. The first-order chi connectivity index (χ1) is 14.9. The number of carboxylic acid groups (broad SMARTS) is 1. The van der Waals surface area contributed by atoms with Crippen LogP contribution in [0.5, 0.6) is 5.75 Å². The molecule has 5 nitrogen and oxygen atoms in total. The Labute approximate surface area is 178 Å². The summed E-state index contributed by atoms with van der Waals surface area (Å²) in [6, 6.07) is 13.1. The van der Waals surface area contributed by atoms with Crippen LogP contribution in [-0.2, 0) is 11.0 Å². The first-order valence-corrected chi connectivity index (χ1v) is 9.35. The number of carbonyl (C=O) groups is 1. The standard InChI is InChI=1S/C19H17F3N2O.C2HF3O2/c20-19(21,22)12-5-7-14(8-6-12)25-15-9-13(10-15)24-11-17(23)16-3-1-2-4-18(16)24;3-2(4,5)1(6)7/h1-8,11,13,15H,9-10,23H2;(H,6,7). The van der Waals surface area contributed by atoms with Gasteiger partial charge in [-0.05, 0) is 30.3 Å². The van der Waals surface area contributed by atoms with E-state index in [0.717, 1.165) is 41.6 Å². The average molecular weight is 460 g/mol. The summed E-state index contributed by atoms with van der Waals surface area (Å²) in [6.45, 7) is 0. The van der Waals surface area contributed by atoms with Gasteiger partial charge in [0, 0.05) is 30.5 Å². The van der Waals surface area contributed by atoms with Gasteiger partial charge in [-0.15, -0.1) is 0 Å². The summed E-state index contributed by atoms with van der Waals surface area (Å²) in [7, 11) is 0. The van der Waals surface area contributed by atoms with E-state index in [4.69, 9.17) is 20.4 Å². The van der Waals surface area contributed by atoms with Crippen molar-refractivity contribution in [1.29, 1.82) is 0 Å². The Bertz CT molecular complexity index is 1080. The number of anilines is 1. The van der Waals surface area contributed by atoms with E-state index in [2.05, 4.69) is 4.57 Å². The second-order valence-electron chi connectivity index (χ2n) is 7.20. The summed E-state index contributed by atoms with van der Waals surface area (Å²) in [5, 5.41) is 8.16. The second-order valence-corrected chi connectivity index (χ2v) is 7.20. The molecule has 1 aliphatic carbocycles. The Morgan fingerprint density at radius 1 is 1.00 bits per heavy atom. The van der Waals surface area contributed by atoms with Gasteiger partial charge in [0.1, 0.15) is 11.9 Å². The number of benzene rings is 2. The van der Waals surface area contributed by atoms with Crippen molar-refractivity contribution in [3.8, 4) is 5.75 Å². The van der Waals surface area contributed by atoms with Crippen molar-refractivity contribution in [1.82, 2.24) is 4.57 Å². The molecule has 1 aliphatic rings. The molecule has 1 aromatic heterocycles. The SMILES string of the molecule is Nc1cn(C2CC(Oc3ccc(C(F)(F)F)cc3)C2)c2ccccc12.O=C(O)C(F)(F)F. The van der Waals surface area contributed by atoms with Crippen LogP contribution in [0, 0.1) is 0 Å². The summed E-state index contributed by atoms with van der Waals surface area (Å²) in [4.78, 5) is 8.90. The number of ether oxygens (including phenoxy) is 1. The first-order valence-electron chi connectivity index (χ1n) is 9.35. The molecule has 0 bridgehead atoms. The van der Waals surface area contributed by atoms with Gasteiger partial charge in [0.05, 0.1) is 16.8 Å². The molecule has 3 aromatic rings. The molecule has 1 saturated carbocycles. The molecule has 0 saturated heterocycles. The van der Waals surface area contributed by atoms with Gasteiger partial charge in [0.15, 0.2) is 0 Å². The summed E-state index contributed by atoms with van der Waals surface area (Å²) in [6.07, 6.45) is -5.85. The minimum Gasteiger partial charge on any atom is -0.490 e. The van der Waals surface area contributed by atoms with Crippen molar-refractivity contribution < 1.29 is 41.0 Å². The molecular formula is C21H18F6N2O3.